The summed E-state index contributed by atoms with van der Waals surface area (Å²) in [6, 6.07) is 9.70. The number of hydrogen-bond acceptors (Lipinski definition) is 9. The molecule has 0 bridgehead atoms. The van der Waals surface area contributed by atoms with Gasteiger partial charge >= 0.3 is 11.9 Å². The van der Waals surface area contributed by atoms with Crippen LogP contribution in [0.3, 0.4) is 0 Å². The molecule has 0 radical (unpaired) electrons. The molecular weight excluding hydrogens is 522 g/mol. The summed E-state index contributed by atoms with van der Waals surface area (Å²) in [6.07, 6.45) is 0.810. The van der Waals surface area contributed by atoms with Crippen molar-refractivity contribution in [2.45, 2.75) is 30.3 Å². The molecule has 0 saturated carbocycles. The van der Waals surface area contributed by atoms with Crippen LogP contribution in [0.4, 0.5) is 0 Å². The van der Waals surface area contributed by atoms with Gasteiger partial charge in [-0.15, -0.1) is 0 Å². The summed E-state index contributed by atoms with van der Waals surface area (Å²) in [5, 5.41) is 0. The normalized spacial score (nSPS) is 16.6. The van der Waals surface area contributed by atoms with E-state index < -0.39 is 33.9 Å². The topological polar surface area (TPSA) is 134 Å². The number of carbonyl (C=O) groups excluding carboxylic acids is 3. The molecule has 0 aliphatic carbocycles. The number of sulfonamides is 1. The van der Waals surface area contributed by atoms with Gasteiger partial charge in [-0.2, -0.15) is 9.30 Å². The van der Waals surface area contributed by atoms with E-state index in [1.807, 2.05) is 0 Å². The van der Waals surface area contributed by atoms with Crippen LogP contribution in [-0.4, -0.2) is 69.1 Å². The van der Waals surface area contributed by atoms with Gasteiger partial charge in [0.25, 0.3) is 5.91 Å². The minimum Gasteiger partial charge on any atom is -0.497 e. The number of carbonyl (C=O) groups is 3. The Morgan fingerprint density at radius 1 is 1.05 bits per heavy atom. The lowest BCUT2D eigenvalue weighted by molar-refractivity contribution is -0.141. The van der Waals surface area contributed by atoms with Gasteiger partial charge in [-0.25, -0.2) is 13.2 Å². The van der Waals surface area contributed by atoms with Gasteiger partial charge in [-0.1, -0.05) is 11.3 Å². The molecule has 13 heteroatoms. The van der Waals surface area contributed by atoms with Crippen LogP contribution < -0.4 is 9.54 Å². The van der Waals surface area contributed by atoms with E-state index in [1.165, 1.54) is 38.0 Å². The van der Waals surface area contributed by atoms with Gasteiger partial charge in [-0.3, -0.25) is 9.59 Å². The van der Waals surface area contributed by atoms with Crippen LogP contribution in [0.5, 0.6) is 5.75 Å². The lowest BCUT2D eigenvalue weighted by Gasteiger charge is -2.21. The highest BCUT2D eigenvalue weighted by atomic mass is 32.2. The molecule has 1 aromatic heterocycles. The molecule has 1 saturated heterocycles. The first-order valence-corrected chi connectivity index (χ1v) is 13.5. The molecule has 196 valence electrons. The summed E-state index contributed by atoms with van der Waals surface area (Å²) < 4.78 is 44.5. The van der Waals surface area contributed by atoms with Crippen LogP contribution in [-0.2, 0) is 35.6 Å². The lowest BCUT2D eigenvalue weighted by Crippen LogP contribution is -2.40. The molecule has 3 aromatic rings. The number of nitrogens with zero attached hydrogens (tertiary/aromatic N) is 3. The number of aromatic nitrogens is 1. The number of rotatable bonds is 7. The second kappa shape index (κ2) is 10.8. The average molecular weight is 548 g/mol. The number of thiazole rings is 1. The minimum absolute atomic E-state index is 0.0472. The SMILES string of the molecule is COC(=O)Cn1c(=NC(=O)C2CCCN2S(=O)(=O)c2ccc(OC)cc2)sc2cc(C(=O)OC)ccc21. The number of hydrogen-bond donors (Lipinski definition) is 0. The largest absolute Gasteiger partial charge is 0.497 e. The number of methoxy groups -OCH3 is 3. The van der Waals surface area contributed by atoms with E-state index in [-0.39, 0.29) is 22.8 Å². The standard InChI is InChI=1S/C24H25N3O8S2/c1-33-16-7-9-17(10-8-16)37(31,32)27-12-4-5-19(27)22(29)25-24-26(14-21(28)34-2)18-11-6-15(23(30)35-3)13-20(18)36-24/h6-11,13,19H,4-5,12,14H2,1-3H3. The molecule has 1 fully saturated rings. The Morgan fingerprint density at radius 2 is 1.78 bits per heavy atom. The Kier molecular flexibility index (Phi) is 7.76. The summed E-state index contributed by atoms with van der Waals surface area (Å²) in [7, 11) is 0.0394. The van der Waals surface area contributed by atoms with Crippen LogP contribution in [0.25, 0.3) is 10.2 Å². The molecule has 37 heavy (non-hydrogen) atoms. The summed E-state index contributed by atoms with van der Waals surface area (Å²) in [6.45, 7) is -0.0456. The maximum absolute atomic E-state index is 13.3. The Labute approximate surface area is 216 Å². The van der Waals surface area contributed by atoms with E-state index in [9.17, 15) is 22.8 Å². The first-order valence-electron chi connectivity index (χ1n) is 11.2. The van der Waals surface area contributed by atoms with Gasteiger partial charge in [0.1, 0.15) is 18.3 Å². The third-order valence-electron chi connectivity index (χ3n) is 5.98. The number of ether oxygens (including phenoxy) is 3. The van der Waals surface area contributed by atoms with Crippen molar-refractivity contribution in [1.29, 1.82) is 0 Å². The molecule has 0 N–H and O–H groups in total. The van der Waals surface area contributed by atoms with Crippen molar-refractivity contribution in [2.75, 3.05) is 27.9 Å². The second-order valence-corrected chi connectivity index (χ2v) is 11.0. The molecular formula is C24H25N3O8S2. The van der Waals surface area contributed by atoms with Gasteiger partial charge in [0.2, 0.25) is 10.0 Å². The Morgan fingerprint density at radius 3 is 2.43 bits per heavy atom. The quantitative estimate of drug-likeness (QED) is 0.410. The molecule has 0 spiro atoms. The van der Waals surface area contributed by atoms with Crippen LogP contribution >= 0.6 is 11.3 Å². The van der Waals surface area contributed by atoms with Crippen molar-refractivity contribution in [3.8, 4) is 5.75 Å². The number of fused-ring (bicyclic) bond motifs is 1. The molecule has 1 aliphatic heterocycles. The lowest BCUT2D eigenvalue weighted by atomic mass is 10.2. The van der Waals surface area contributed by atoms with Crippen LogP contribution in [0.15, 0.2) is 52.4 Å². The predicted molar refractivity (Wildman–Crippen MR) is 134 cm³/mol. The van der Waals surface area contributed by atoms with Crippen molar-refractivity contribution in [3.63, 3.8) is 0 Å². The van der Waals surface area contributed by atoms with E-state index in [0.29, 0.717) is 34.4 Å². The van der Waals surface area contributed by atoms with Gasteiger partial charge in [0, 0.05) is 6.54 Å². The summed E-state index contributed by atoms with van der Waals surface area (Å²) in [5.41, 5.74) is 0.857. The first-order chi connectivity index (χ1) is 17.7. The maximum Gasteiger partial charge on any atom is 0.337 e. The molecule has 2 heterocycles. The highest BCUT2D eigenvalue weighted by Gasteiger charge is 2.39. The summed E-state index contributed by atoms with van der Waals surface area (Å²) in [5.74, 6) is -1.23. The molecule has 1 atom stereocenters. The molecule has 4 rings (SSSR count). The highest BCUT2D eigenvalue weighted by Crippen LogP contribution is 2.28. The monoisotopic (exact) mass is 547 g/mol. The van der Waals surface area contributed by atoms with Crippen molar-refractivity contribution < 1.29 is 37.0 Å². The third-order valence-corrected chi connectivity index (χ3v) is 8.94. The smallest absolute Gasteiger partial charge is 0.337 e. The van der Waals surface area contributed by atoms with E-state index in [0.717, 1.165) is 15.6 Å². The highest BCUT2D eigenvalue weighted by molar-refractivity contribution is 7.89. The molecule has 1 aliphatic rings. The molecule has 2 aromatic carbocycles. The average Bonchev–Trinajstić information content (AvgIpc) is 3.53. The van der Waals surface area contributed by atoms with Gasteiger partial charge in [0.15, 0.2) is 4.80 Å². The van der Waals surface area contributed by atoms with Gasteiger partial charge in [-0.05, 0) is 55.3 Å². The number of esters is 2. The summed E-state index contributed by atoms with van der Waals surface area (Å²) >= 11 is 1.09. The van der Waals surface area contributed by atoms with Crippen LogP contribution in [0, 0.1) is 0 Å². The Bertz CT molecular complexity index is 1520. The van der Waals surface area contributed by atoms with E-state index in [2.05, 4.69) is 4.99 Å². The van der Waals surface area contributed by atoms with Crippen LogP contribution in [0.2, 0.25) is 0 Å². The second-order valence-electron chi connectivity index (χ2n) is 8.12. The summed E-state index contributed by atoms with van der Waals surface area (Å²) in [4.78, 5) is 41.8. The van der Waals surface area contributed by atoms with E-state index in [1.54, 1.807) is 30.3 Å². The van der Waals surface area contributed by atoms with E-state index in [4.69, 9.17) is 14.2 Å². The van der Waals surface area contributed by atoms with Crippen LogP contribution in [0.1, 0.15) is 23.2 Å². The van der Waals surface area contributed by atoms with Gasteiger partial charge in [0.05, 0.1) is 42.0 Å². The zero-order valence-electron chi connectivity index (χ0n) is 20.4. The fourth-order valence-corrected chi connectivity index (χ4v) is 6.80. The number of benzene rings is 2. The van der Waals surface area contributed by atoms with Crippen molar-refractivity contribution in [3.05, 3.63) is 52.8 Å². The number of amides is 1. The fraction of sp³-hybridized carbons (Fsp3) is 0.333. The zero-order chi connectivity index (χ0) is 26.7. The first kappa shape index (κ1) is 26.5. The molecule has 11 nitrogen and oxygen atoms in total. The van der Waals surface area contributed by atoms with Crippen molar-refractivity contribution in [2.24, 2.45) is 4.99 Å². The van der Waals surface area contributed by atoms with Gasteiger partial charge < -0.3 is 18.8 Å². The van der Waals surface area contributed by atoms with Crippen molar-refractivity contribution in [1.82, 2.24) is 8.87 Å². The fourth-order valence-electron chi connectivity index (χ4n) is 4.08. The third kappa shape index (κ3) is 5.29. The van der Waals surface area contributed by atoms with E-state index >= 15 is 0 Å². The Hall–Kier alpha value is -3.55. The predicted octanol–water partition coefficient (Wildman–Crippen LogP) is 1.95. The maximum atomic E-state index is 13.3. The Balaban J connectivity index is 1.73. The molecule has 1 amide bonds. The minimum atomic E-state index is -3.96. The zero-order valence-corrected chi connectivity index (χ0v) is 22.0. The van der Waals surface area contributed by atoms with Crippen molar-refractivity contribution >= 4 is 49.4 Å². The molecule has 1 unspecified atom stereocenters.